The molecule has 3 aromatic rings. The number of nitrogens with two attached hydrogens (primary N) is 1. The average Bonchev–Trinajstić information content (AvgIpc) is 2.88. The molecule has 0 spiro atoms. The number of aromatic nitrogens is 1. The minimum atomic E-state index is 0.578. The lowest BCUT2D eigenvalue weighted by molar-refractivity contribution is 0.620. The van der Waals surface area contributed by atoms with Crippen LogP contribution in [0.2, 0.25) is 0 Å². The number of nitrogens with zero attached hydrogens (tertiary/aromatic N) is 1. The van der Waals surface area contributed by atoms with Crippen LogP contribution in [0, 0.1) is 0 Å². The van der Waals surface area contributed by atoms with Gasteiger partial charge >= 0.3 is 0 Å². The molecule has 0 atom stereocenters. The Balaban J connectivity index is 2.10. The first-order chi connectivity index (χ1) is 10.2. The van der Waals surface area contributed by atoms with Gasteiger partial charge in [0.25, 0.3) is 0 Å². The molecule has 1 aromatic heterocycles. The second-order valence-corrected chi connectivity index (χ2v) is 5.78. The van der Waals surface area contributed by atoms with Gasteiger partial charge in [0.1, 0.15) is 5.52 Å². The highest BCUT2D eigenvalue weighted by atomic mass is 79.9. The SMILES string of the molecule is CCCNc1ccc(N)cc1-c1nc2cc(Br)ccc2o1. The molecular weight excluding hydrogens is 330 g/mol. The van der Waals surface area contributed by atoms with Crippen molar-refractivity contribution in [3.8, 4) is 11.5 Å². The Labute approximate surface area is 131 Å². The molecule has 0 saturated carbocycles. The molecule has 0 fully saturated rings. The molecular formula is C16H16BrN3O. The summed E-state index contributed by atoms with van der Waals surface area (Å²) in [6, 6.07) is 11.5. The molecule has 4 nitrogen and oxygen atoms in total. The smallest absolute Gasteiger partial charge is 0.229 e. The van der Waals surface area contributed by atoms with Crippen LogP contribution < -0.4 is 11.1 Å². The third-order valence-corrected chi connectivity index (χ3v) is 3.68. The Morgan fingerprint density at radius 3 is 2.90 bits per heavy atom. The maximum atomic E-state index is 5.91. The molecule has 0 bridgehead atoms. The van der Waals surface area contributed by atoms with Crippen LogP contribution in [0.1, 0.15) is 13.3 Å². The number of hydrogen-bond acceptors (Lipinski definition) is 4. The van der Waals surface area contributed by atoms with Crippen LogP contribution in [0.5, 0.6) is 0 Å². The molecule has 1 heterocycles. The van der Waals surface area contributed by atoms with Gasteiger partial charge in [-0.1, -0.05) is 22.9 Å². The second kappa shape index (κ2) is 5.77. The fourth-order valence-corrected chi connectivity index (χ4v) is 2.52. The van der Waals surface area contributed by atoms with E-state index >= 15 is 0 Å². The molecule has 0 unspecified atom stereocenters. The fourth-order valence-electron chi connectivity index (χ4n) is 2.17. The van der Waals surface area contributed by atoms with E-state index in [0.29, 0.717) is 11.6 Å². The fraction of sp³-hybridized carbons (Fsp3) is 0.188. The van der Waals surface area contributed by atoms with Crippen molar-refractivity contribution in [2.75, 3.05) is 17.6 Å². The highest BCUT2D eigenvalue weighted by Crippen LogP contribution is 2.32. The number of benzene rings is 2. The van der Waals surface area contributed by atoms with Crippen molar-refractivity contribution in [2.45, 2.75) is 13.3 Å². The molecule has 108 valence electrons. The van der Waals surface area contributed by atoms with Gasteiger partial charge in [-0.05, 0) is 42.8 Å². The standard InChI is InChI=1S/C16H16BrN3O/c1-2-7-19-13-5-4-11(18)9-12(13)16-20-14-8-10(17)3-6-15(14)21-16/h3-6,8-9,19H,2,7,18H2,1H3. The summed E-state index contributed by atoms with van der Waals surface area (Å²) >= 11 is 3.44. The summed E-state index contributed by atoms with van der Waals surface area (Å²) in [4.78, 5) is 4.56. The maximum Gasteiger partial charge on any atom is 0.229 e. The summed E-state index contributed by atoms with van der Waals surface area (Å²) in [6.45, 7) is 3.02. The van der Waals surface area contributed by atoms with Gasteiger partial charge in [0.2, 0.25) is 5.89 Å². The molecule has 3 rings (SSSR count). The third-order valence-electron chi connectivity index (χ3n) is 3.19. The summed E-state index contributed by atoms with van der Waals surface area (Å²) in [5, 5.41) is 3.38. The number of hydrogen-bond donors (Lipinski definition) is 2. The third kappa shape index (κ3) is 2.88. The highest BCUT2D eigenvalue weighted by molar-refractivity contribution is 9.10. The lowest BCUT2D eigenvalue weighted by Crippen LogP contribution is -2.02. The van der Waals surface area contributed by atoms with Gasteiger partial charge in [0.05, 0.1) is 5.56 Å². The van der Waals surface area contributed by atoms with E-state index < -0.39 is 0 Å². The van der Waals surface area contributed by atoms with Crippen molar-refractivity contribution in [1.29, 1.82) is 0 Å². The van der Waals surface area contributed by atoms with E-state index in [1.54, 1.807) is 0 Å². The Morgan fingerprint density at radius 1 is 1.24 bits per heavy atom. The number of oxazole rings is 1. The number of fused-ring (bicyclic) bond motifs is 1. The summed E-state index contributed by atoms with van der Waals surface area (Å²) in [7, 11) is 0. The molecule has 0 aliphatic carbocycles. The van der Waals surface area contributed by atoms with Gasteiger partial charge in [0.15, 0.2) is 5.58 Å². The van der Waals surface area contributed by atoms with Gasteiger partial charge in [-0.25, -0.2) is 4.98 Å². The van der Waals surface area contributed by atoms with E-state index in [4.69, 9.17) is 10.2 Å². The van der Waals surface area contributed by atoms with Gasteiger partial charge in [-0.2, -0.15) is 0 Å². The predicted molar refractivity (Wildman–Crippen MR) is 90.3 cm³/mol. The zero-order valence-corrected chi connectivity index (χ0v) is 13.3. The first-order valence-electron chi connectivity index (χ1n) is 6.87. The number of nitrogens with one attached hydrogen (secondary N) is 1. The van der Waals surface area contributed by atoms with Crippen molar-refractivity contribution in [2.24, 2.45) is 0 Å². The quantitative estimate of drug-likeness (QED) is 0.675. The molecule has 0 amide bonds. The predicted octanol–water partition coefficient (Wildman–Crippen LogP) is 4.66. The van der Waals surface area contributed by atoms with Crippen LogP contribution >= 0.6 is 15.9 Å². The Bertz CT molecular complexity index is 782. The zero-order valence-electron chi connectivity index (χ0n) is 11.7. The first-order valence-corrected chi connectivity index (χ1v) is 7.66. The molecule has 0 radical (unpaired) electrons. The molecule has 0 aliphatic heterocycles. The Kier molecular flexibility index (Phi) is 3.84. The van der Waals surface area contributed by atoms with E-state index in [1.807, 2.05) is 36.4 Å². The first kappa shape index (κ1) is 13.9. The van der Waals surface area contributed by atoms with Gasteiger partial charge in [0, 0.05) is 22.4 Å². The van der Waals surface area contributed by atoms with E-state index in [0.717, 1.165) is 39.8 Å². The summed E-state index contributed by atoms with van der Waals surface area (Å²) in [5.41, 5.74) is 10.0. The molecule has 0 saturated heterocycles. The van der Waals surface area contributed by atoms with Gasteiger partial charge < -0.3 is 15.5 Å². The van der Waals surface area contributed by atoms with Crippen molar-refractivity contribution >= 4 is 38.4 Å². The normalized spacial score (nSPS) is 11.0. The van der Waals surface area contributed by atoms with Gasteiger partial charge in [-0.3, -0.25) is 0 Å². The Morgan fingerprint density at radius 2 is 2.10 bits per heavy atom. The van der Waals surface area contributed by atoms with Crippen LogP contribution in [0.25, 0.3) is 22.6 Å². The number of nitrogen functional groups attached to an aromatic ring is 1. The zero-order chi connectivity index (χ0) is 14.8. The minimum absolute atomic E-state index is 0.578. The van der Waals surface area contributed by atoms with Crippen LogP contribution in [-0.2, 0) is 0 Å². The summed E-state index contributed by atoms with van der Waals surface area (Å²) < 4.78 is 6.84. The van der Waals surface area contributed by atoms with Crippen LogP contribution in [0.4, 0.5) is 11.4 Å². The van der Waals surface area contributed by atoms with E-state index in [9.17, 15) is 0 Å². The number of rotatable bonds is 4. The van der Waals surface area contributed by atoms with Crippen molar-refractivity contribution in [3.63, 3.8) is 0 Å². The molecule has 21 heavy (non-hydrogen) atoms. The topological polar surface area (TPSA) is 64.1 Å². The van der Waals surface area contributed by atoms with Crippen LogP contribution in [0.15, 0.2) is 45.3 Å². The summed E-state index contributed by atoms with van der Waals surface area (Å²) in [6.07, 6.45) is 1.05. The summed E-state index contributed by atoms with van der Waals surface area (Å²) in [5.74, 6) is 0.578. The molecule has 0 aliphatic rings. The largest absolute Gasteiger partial charge is 0.436 e. The molecule has 2 aromatic carbocycles. The lowest BCUT2D eigenvalue weighted by Gasteiger charge is -2.09. The van der Waals surface area contributed by atoms with Crippen molar-refractivity contribution < 1.29 is 4.42 Å². The molecule has 3 N–H and O–H groups in total. The van der Waals surface area contributed by atoms with Crippen LogP contribution in [-0.4, -0.2) is 11.5 Å². The lowest BCUT2D eigenvalue weighted by atomic mass is 10.1. The van der Waals surface area contributed by atoms with Crippen LogP contribution in [0.3, 0.4) is 0 Å². The second-order valence-electron chi connectivity index (χ2n) is 4.86. The van der Waals surface area contributed by atoms with E-state index in [2.05, 4.69) is 33.2 Å². The monoisotopic (exact) mass is 345 g/mol. The molecule has 5 heteroatoms. The van der Waals surface area contributed by atoms with Gasteiger partial charge in [-0.15, -0.1) is 0 Å². The van der Waals surface area contributed by atoms with Crippen molar-refractivity contribution in [3.05, 3.63) is 40.9 Å². The minimum Gasteiger partial charge on any atom is -0.436 e. The van der Waals surface area contributed by atoms with E-state index in [1.165, 1.54) is 0 Å². The maximum absolute atomic E-state index is 5.91. The Hall–Kier alpha value is -2.01. The van der Waals surface area contributed by atoms with Crippen molar-refractivity contribution in [1.82, 2.24) is 4.98 Å². The number of halogens is 1. The van der Waals surface area contributed by atoms with E-state index in [-0.39, 0.29) is 0 Å². The average molecular weight is 346 g/mol. The highest BCUT2D eigenvalue weighted by Gasteiger charge is 2.13. The number of anilines is 2.